The summed E-state index contributed by atoms with van der Waals surface area (Å²) in [4.78, 5) is 27.6. The van der Waals surface area contributed by atoms with Gasteiger partial charge < -0.3 is 9.50 Å². The summed E-state index contributed by atoms with van der Waals surface area (Å²) < 4.78 is 32.0. The van der Waals surface area contributed by atoms with Gasteiger partial charge in [0.25, 0.3) is 5.91 Å². The first-order valence-electron chi connectivity index (χ1n) is 10.5. The van der Waals surface area contributed by atoms with Gasteiger partial charge in [-0.05, 0) is 66.2 Å². The third-order valence-corrected chi connectivity index (χ3v) is 7.99. The third kappa shape index (κ3) is 6.90. The quantitative estimate of drug-likeness (QED) is 0.141. The van der Waals surface area contributed by atoms with Crippen LogP contribution in [0.15, 0.2) is 87.1 Å². The van der Waals surface area contributed by atoms with Crippen molar-refractivity contribution in [3.63, 3.8) is 0 Å². The standard InChI is InChI=1S/C24H20N4O5S3/c1-16(29)26-18-8-12-20(13-9-18)36(31,32)33-19-10-6-17(7-11-19)14-25-28-23(30)15-34-24-27-21-4-2-3-5-22(21)35-24/h2-14H,15H2,1H3,(H,26,29)(H,28,30)/b25-14-. The number of anilines is 1. The molecule has 0 saturated heterocycles. The van der Waals surface area contributed by atoms with Crippen molar-refractivity contribution in [1.82, 2.24) is 10.4 Å². The molecule has 0 saturated carbocycles. The zero-order valence-electron chi connectivity index (χ0n) is 18.9. The van der Waals surface area contributed by atoms with Crippen molar-refractivity contribution in [1.29, 1.82) is 0 Å². The van der Waals surface area contributed by atoms with Gasteiger partial charge in [0.2, 0.25) is 5.91 Å². The normalized spacial score (nSPS) is 11.5. The van der Waals surface area contributed by atoms with Crippen LogP contribution in [-0.4, -0.2) is 37.2 Å². The Hall–Kier alpha value is -3.74. The molecule has 0 aliphatic rings. The van der Waals surface area contributed by atoms with Crippen molar-refractivity contribution in [2.75, 3.05) is 11.1 Å². The molecule has 2 amide bonds. The molecule has 0 unspecified atom stereocenters. The maximum absolute atomic E-state index is 12.5. The van der Waals surface area contributed by atoms with Crippen LogP contribution in [0.25, 0.3) is 10.2 Å². The monoisotopic (exact) mass is 540 g/mol. The van der Waals surface area contributed by atoms with E-state index in [4.69, 9.17) is 4.18 Å². The second-order valence-corrected chi connectivity index (χ2v) is 11.1. The number of nitrogens with zero attached hydrogens (tertiary/aromatic N) is 2. The number of thioether (sulfide) groups is 1. The number of thiazole rings is 1. The lowest BCUT2D eigenvalue weighted by atomic mass is 10.2. The summed E-state index contributed by atoms with van der Waals surface area (Å²) in [7, 11) is -4.05. The van der Waals surface area contributed by atoms with Crippen molar-refractivity contribution in [3.8, 4) is 5.75 Å². The summed E-state index contributed by atoms with van der Waals surface area (Å²) in [5.74, 6) is -0.234. The average molecular weight is 541 g/mol. The molecule has 0 radical (unpaired) electrons. The molecular weight excluding hydrogens is 520 g/mol. The Kier molecular flexibility index (Phi) is 7.98. The summed E-state index contributed by atoms with van der Waals surface area (Å²) in [6.45, 7) is 1.36. The van der Waals surface area contributed by atoms with Gasteiger partial charge in [-0.2, -0.15) is 13.5 Å². The molecule has 0 fully saturated rings. The lowest BCUT2D eigenvalue weighted by molar-refractivity contribution is -0.118. The van der Waals surface area contributed by atoms with Gasteiger partial charge in [0.05, 0.1) is 22.2 Å². The molecule has 36 heavy (non-hydrogen) atoms. The number of nitrogens with one attached hydrogen (secondary N) is 2. The topological polar surface area (TPSA) is 127 Å². The summed E-state index contributed by atoms with van der Waals surface area (Å²) in [5, 5.41) is 6.50. The summed E-state index contributed by atoms with van der Waals surface area (Å²) >= 11 is 2.87. The van der Waals surface area contributed by atoms with Gasteiger partial charge in [0.15, 0.2) is 4.34 Å². The van der Waals surface area contributed by atoms with Gasteiger partial charge in [0.1, 0.15) is 10.6 Å². The van der Waals surface area contributed by atoms with Gasteiger partial charge in [-0.1, -0.05) is 23.9 Å². The minimum Gasteiger partial charge on any atom is -0.379 e. The predicted molar refractivity (Wildman–Crippen MR) is 141 cm³/mol. The highest BCUT2D eigenvalue weighted by Crippen LogP contribution is 2.29. The molecule has 0 spiro atoms. The van der Waals surface area contributed by atoms with Crippen LogP contribution in [0.3, 0.4) is 0 Å². The van der Waals surface area contributed by atoms with Crippen LogP contribution >= 0.6 is 23.1 Å². The number of fused-ring (bicyclic) bond motifs is 1. The Bertz CT molecular complexity index is 1480. The van der Waals surface area contributed by atoms with Crippen LogP contribution in [0, 0.1) is 0 Å². The summed E-state index contributed by atoms with van der Waals surface area (Å²) in [6.07, 6.45) is 1.44. The molecule has 9 nitrogen and oxygen atoms in total. The molecule has 4 aromatic rings. The highest BCUT2D eigenvalue weighted by Gasteiger charge is 2.16. The number of carbonyl (C=O) groups excluding carboxylic acids is 2. The van der Waals surface area contributed by atoms with Crippen LogP contribution in [0.1, 0.15) is 12.5 Å². The van der Waals surface area contributed by atoms with Crippen LogP contribution in [0.4, 0.5) is 5.69 Å². The molecule has 2 N–H and O–H groups in total. The maximum atomic E-state index is 12.5. The van der Waals surface area contributed by atoms with Crippen molar-refractivity contribution >= 4 is 67.1 Å². The predicted octanol–water partition coefficient (Wildman–Crippen LogP) is 4.26. The highest BCUT2D eigenvalue weighted by atomic mass is 32.2. The van der Waals surface area contributed by atoms with E-state index in [0.29, 0.717) is 11.3 Å². The SMILES string of the molecule is CC(=O)Nc1ccc(S(=O)(=O)Oc2ccc(/C=N\NC(=O)CSc3nc4ccccc4s3)cc2)cc1. The van der Waals surface area contributed by atoms with E-state index in [1.807, 2.05) is 24.3 Å². The van der Waals surface area contributed by atoms with E-state index in [2.05, 4.69) is 20.8 Å². The number of aromatic nitrogens is 1. The first-order valence-corrected chi connectivity index (χ1v) is 13.7. The lowest BCUT2D eigenvalue weighted by Crippen LogP contribution is -2.19. The van der Waals surface area contributed by atoms with Crippen molar-refractivity contribution in [2.24, 2.45) is 5.10 Å². The van der Waals surface area contributed by atoms with Crippen molar-refractivity contribution in [2.45, 2.75) is 16.2 Å². The molecule has 1 aromatic heterocycles. The lowest BCUT2D eigenvalue weighted by Gasteiger charge is -2.08. The van der Waals surface area contributed by atoms with Crippen molar-refractivity contribution in [3.05, 3.63) is 78.4 Å². The zero-order chi connectivity index (χ0) is 25.5. The van der Waals surface area contributed by atoms with E-state index in [-0.39, 0.29) is 28.2 Å². The fourth-order valence-electron chi connectivity index (χ4n) is 2.94. The molecule has 0 bridgehead atoms. The van der Waals surface area contributed by atoms with Crippen LogP contribution < -0.4 is 14.9 Å². The first kappa shape index (κ1) is 25.4. The fourth-order valence-corrected chi connectivity index (χ4v) is 5.73. The molecule has 4 rings (SSSR count). The second-order valence-electron chi connectivity index (χ2n) is 7.34. The first-order chi connectivity index (χ1) is 17.3. The molecule has 12 heteroatoms. The molecule has 0 atom stereocenters. The Labute approximate surface area is 215 Å². The van der Waals surface area contributed by atoms with Crippen LogP contribution in [0.2, 0.25) is 0 Å². The summed E-state index contributed by atoms with van der Waals surface area (Å²) in [5.41, 5.74) is 4.48. The number of para-hydroxylation sites is 1. The third-order valence-electron chi connectivity index (χ3n) is 4.55. The largest absolute Gasteiger partial charge is 0.379 e. The molecule has 0 aliphatic heterocycles. The van der Waals surface area contributed by atoms with Crippen LogP contribution in [0.5, 0.6) is 5.75 Å². The van der Waals surface area contributed by atoms with Gasteiger partial charge in [0, 0.05) is 12.6 Å². The minimum absolute atomic E-state index is 0.0475. The maximum Gasteiger partial charge on any atom is 0.339 e. The number of hydrogen-bond acceptors (Lipinski definition) is 9. The second kappa shape index (κ2) is 11.3. The van der Waals surface area contributed by atoms with E-state index in [1.54, 1.807) is 12.1 Å². The van der Waals surface area contributed by atoms with E-state index in [0.717, 1.165) is 14.6 Å². The Morgan fingerprint density at radius 2 is 1.78 bits per heavy atom. The zero-order valence-corrected chi connectivity index (χ0v) is 21.3. The highest BCUT2D eigenvalue weighted by molar-refractivity contribution is 8.01. The molecule has 3 aromatic carbocycles. The number of amides is 2. The summed E-state index contributed by atoms with van der Waals surface area (Å²) in [6, 6.07) is 19.6. The number of benzene rings is 3. The number of carbonyl (C=O) groups is 2. The van der Waals surface area contributed by atoms with Gasteiger partial charge in [-0.15, -0.1) is 11.3 Å². The van der Waals surface area contributed by atoms with Gasteiger partial charge >= 0.3 is 10.1 Å². The van der Waals surface area contributed by atoms with E-state index in [9.17, 15) is 18.0 Å². The van der Waals surface area contributed by atoms with Crippen molar-refractivity contribution < 1.29 is 22.2 Å². The fraction of sp³-hybridized carbons (Fsp3) is 0.0833. The number of hydrogen-bond donors (Lipinski definition) is 2. The van der Waals surface area contributed by atoms with E-state index < -0.39 is 10.1 Å². The molecular formula is C24H20N4O5S3. The average Bonchev–Trinajstić information content (AvgIpc) is 3.27. The number of rotatable bonds is 9. The Morgan fingerprint density at radius 1 is 1.06 bits per heavy atom. The smallest absolute Gasteiger partial charge is 0.339 e. The van der Waals surface area contributed by atoms with E-state index >= 15 is 0 Å². The Morgan fingerprint density at radius 3 is 2.47 bits per heavy atom. The molecule has 1 heterocycles. The van der Waals surface area contributed by atoms with E-state index in [1.165, 1.54) is 72.6 Å². The van der Waals surface area contributed by atoms with Crippen LogP contribution in [-0.2, 0) is 19.7 Å². The number of hydrazone groups is 1. The van der Waals surface area contributed by atoms with Gasteiger partial charge in [-0.3, -0.25) is 9.59 Å². The minimum atomic E-state index is -4.05. The molecule has 0 aliphatic carbocycles. The van der Waals surface area contributed by atoms with Gasteiger partial charge in [-0.25, -0.2) is 10.4 Å². The Balaban J connectivity index is 1.27. The molecule has 184 valence electrons.